The van der Waals surface area contributed by atoms with Crippen molar-refractivity contribution in [2.75, 3.05) is 17.7 Å². The number of carbonyl (C=O) groups excluding carboxylic acids is 1. The molecule has 5 nitrogen and oxygen atoms in total. The number of ether oxygens (including phenoxy) is 1. The van der Waals surface area contributed by atoms with Crippen molar-refractivity contribution < 1.29 is 9.53 Å². The normalized spacial score (nSPS) is 11.9. The lowest BCUT2D eigenvalue weighted by molar-refractivity contribution is 0.0527. The lowest BCUT2D eigenvalue weighted by Gasteiger charge is -2.14. The van der Waals surface area contributed by atoms with E-state index in [9.17, 15) is 4.79 Å². The molecule has 5 heteroatoms. The topological polar surface area (TPSA) is 77.2 Å². The summed E-state index contributed by atoms with van der Waals surface area (Å²) in [4.78, 5) is 15.8. The molecule has 0 aromatic carbocycles. The highest BCUT2D eigenvalue weighted by atomic mass is 16.5. The molecule has 1 rings (SSSR count). The number of hydrogen-bond donors (Lipinski definition) is 2. The van der Waals surface area contributed by atoms with Crippen molar-refractivity contribution in [3.05, 3.63) is 17.8 Å². The average molecular weight is 251 g/mol. The zero-order valence-corrected chi connectivity index (χ0v) is 11.2. The van der Waals surface area contributed by atoms with Crippen LogP contribution in [-0.4, -0.2) is 23.6 Å². The fraction of sp³-hybridized carbons (Fsp3) is 0.538. The predicted octanol–water partition coefficient (Wildman–Crippen LogP) is 2.44. The number of aromatic nitrogens is 1. The van der Waals surface area contributed by atoms with E-state index in [4.69, 9.17) is 10.5 Å². The highest BCUT2D eigenvalue weighted by molar-refractivity contribution is 5.95. The molecule has 100 valence electrons. The number of nitrogen functional groups attached to an aromatic ring is 1. The molecule has 0 saturated heterocycles. The first-order valence-electron chi connectivity index (χ1n) is 6.27. The Hall–Kier alpha value is -1.78. The molecule has 1 aromatic heterocycles. The number of esters is 1. The van der Waals surface area contributed by atoms with Gasteiger partial charge in [-0.3, -0.25) is 0 Å². The fourth-order valence-electron chi connectivity index (χ4n) is 1.69. The van der Waals surface area contributed by atoms with E-state index in [2.05, 4.69) is 24.1 Å². The third-order valence-corrected chi connectivity index (χ3v) is 2.55. The SMILES string of the molecule is CCCC(C)Nc1cc(C(=O)OCC)c(N)cn1. The van der Waals surface area contributed by atoms with Crippen LogP contribution in [0.1, 0.15) is 44.0 Å². The summed E-state index contributed by atoms with van der Waals surface area (Å²) in [7, 11) is 0. The van der Waals surface area contributed by atoms with Gasteiger partial charge in [0.2, 0.25) is 0 Å². The highest BCUT2D eigenvalue weighted by Gasteiger charge is 2.13. The van der Waals surface area contributed by atoms with Crippen molar-refractivity contribution in [3.8, 4) is 0 Å². The summed E-state index contributed by atoms with van der Waals surface area (Å²) < 4.78 is 4.94. The van der Waals surface area contributed by atoms with Gasteiger partial charge in [0.15, 0.2) is 0 Å². The van der Waals surface area contributed by atoms with Gasteiger partial charge in [0.1, 0.15) is 5.82 Å². The molecule has 0 aliphatic carbocycles. The molecule has 1 unspecified atom stereocenters. The Balaban J connectivity index is 2.83. The van der Waals surface area contributed by atoms with E-state index in [1.165, 1.54) is 6.20 Å². The number of carbonyl (C=O) groups is 1. The van der Waals surface area contributed by atoms with Crippen LogP contribution in [0.25, 0.3) is 0 Å². The van der Waals surface area contributed by atoms with Gasteiger partial charge in [-0.2, -0.15) is 0 Å². The number of hydrogen-bond acceptors (Lipinski definition) is 5. The number of nitrogens with two attached hydrogens (primary N) is 1. The second-order valence-electron chi connectivity index (χ2n) is 4.21. The first-order chi connectivity index (χ1) is 8.58. The molecule has 1 heterocycles. The molecule has 0 spiro atoms. The van der Waals surface area contributed by atoms with Crippen molar-refractivity contribution in [1.82, 2.24) is 4.98 Å². The van der Waals surface area contributed by atoms with E-state index in [1.54, 1.807) is 13.0 Å². The minimum atomic E-state index is -0.413. The van der Waals surface area contributed by atoms with E-state index in [-0.39, 0.29) is 0 Å². The lowest BCUT2D eigenvalue weighted by atomic mass is 10.2. The van der Waals surface area contributed by atoms with Gasteiger partial charge < -0.3 is 15.8 Å². The molecule has 1 atom stereocenters. The van der Waals surface area contributed by atoms with Crippen molar-refractivity contribution in [2.24, 2.45) is 0 Å². The maximum absolute atomic E-state index is 11.7. The average Bonchev–Trinajstić information content (AvgIpc) is 2.32. The third kappa shape index (κ3) is 3.91. The quantitative estimate of drug-likeness (QED) is 0.759. The summed E-state index contributed by atoms with van der Waals surface area (Å²) in [5.41, 5.74) is 6.41. The Morgan fingerprint density at radius 1 is 1.56 bits per heavy atom. The Morgan fingerprint density at radius 2 is 2.28 bits per heavy atom. The largest absolute Gasteiger partial charge is 0.462 e. The van der Waals surface area contributed by atoms with Gasteiger partial charge in [0.25, 0.3) is 0 Å². The van der Waals surface area contributed by atoms with Crippen LogP contribution in [0.3, 0.4) is 0 Å². The van der Waals surface area contributed by atoms with Crippen molar-refractivity contribution >= 4 is 17.5 Å². The van der Waals surface area contributed by atoms with Gasteiger partial charge >= 0.3 is 5.97 Å². The number of anilines is 2. The monoisotopic (exact) mass is 251 g/mol. The van der Waals surface area contributed by atoms with Crippen LogP contribution in [0.15, 0.2) is 12.3 Å². The summed E-state index contributed by atoms with van der Waals surface area (Å²) in [6, 6.07) is 1.95. The van der Waals surface area contributed by atoms with Crippen LogP contribution in [0.2, 0.25) is 0 Å². The van der Waals surface area contributed by atoms with Crippen LogP contribution < -0.4 is 11.1 Å². The summed E-state index contributed by atoms with van der Waals surface area (Å²) >= 11 is 0. The Bertz CT molecular complexity index is 407. The maximum Gasteiger partial charge on any atom is 0.340 e. The molecular weight excluding hydrogens is 230 g/mol. The summed E-state index contributed by atoms with van der Waals surface area (Å²) in [6.07, 6.45) is 3.61. The van der Waals surface area contributed by atoms with Gasteiger partial charge in [0.05, 0.1) is 24.1 Å². The Kier molecular flexibility index (Phi) is 5.42. The first-order valence-corrected chi connectivity index (χ1v) is 6.27. The third-order valence-electron chi connectivity index (χ3n) is 2.55. The van der Waals surface area contributed by atoms with Crippen molar-refractivity contribution in [2.45, 2.75) is 39.7 Å². The zero-order valence-electron chi connectivity index (χ0n) is 11.2. The van der Waals surface area contributed by atoms with Gasteiger partial charge in [-0.05, 0) is 26.3 Å². The molecule has 0 radical (unpaired) electrons. The molecule has 0 aliphatic rings. The molecule has 3 N–H and O–H groups in total. The van der Waals surface area contributed by atoms with Gasteiger partial charge in [0, 0.05) is 6.04 Å². The van der Waals surface area contributed by atoms with E-state index >= 15 is 0 Å². The molecule has 0 amide bonds. The molecule has 0 aliphatic heterocycles. The van der Waals surface area contributed by atoms with E-state index in [0.29, 0.717) is 29.7 Å². The zero-order chi connectivity index (χ0) is 13.5. The molecule has 18 heavy (non-hydrogen) atoms. The number of nitrogens with zero attached hydrogens (tertiary/aromatic N) is 1. The van der Waals surface area contributed by atoms with Gasteiger partial charge in [-0.15, -0.1) is 0 Å². The lowest BCUT2D eigenvalue weighted by Crippen LogP contribution is -2.17. The standard InChI is InChI=1S/C13H21N3O2/c1-4-6-9(3)16-12-7-10(11(14)8-15-12)13(17)18-5-2/h7-9H,4-6,14H2,1-3H3,(H,15,16). The second-order valence-corrected chi connectivity index (χ2v) is 4.21. The number of pyridine rings is 1. The van der Waals surface area contributed by atoms with Crippen LogP contribution in [0.5, 0.6) is 0 Å². The number of rotatable bonds is 6. The Labute approximate surface area is 108 Å². The minimum absolute atomic E-state index is 0.307. The minimum Gasteiger partial charge on any atom is -0.462 e. The van der Waals surface area contributed by atoms with Crippen molar-refractivity contribution in [1.29, 1.82) is 0 Å². The van der Waals surface area contributed by atoms with E-state index in [1.807, 2.05) is 0 Å². The molecule has 0 saturated carbocycles. The van der Waals surface area contributed by atoms with E-state index < -0.39 is 5.97 Å². The van der Waals surface area contributed by atoms with Crippen LogP contribution in [-0.2, 0) is 4.74 Å². The van der Waals surface area contributed by atoms with E-state index in [0.717, 1.165) is 12.8 Å². The van der Waals surface area contributed by atoms with Crippen LogP contribution in [0.4, 0.5) is 11.5 Å². The molecule has 0 bridgehead atoms. The summed E-state index contributed by atoms with van der Waals surface area (Å²) in [5.74, 6) is 0.233. The highest BCUT2D eigenvalue weighted by Crippen LogP contribution is 2.17. The smallest absolute Gasteiger partial charge is 0.340 e. The summed E-state index contributed by atoms with van der Waals surface area (Å²) in [5, 5.41) is 3.23. The predicted molar refractivity (Wildman–Crippen MR) is 72.6 cm³/mol. The molecule has 1 aromatic rings. The van der Waals surface area contributed by atoms with Crippen molar-refractivity contribution in [3.63, 3.8) is 0 Å². The van der Waals surface area contributed by atoms with Gasteiger partial charge in [-0.1, -0.05) is 13.3 Å². The fourth-order valence-corrected chi connectivity index (χ4v) is 1.69. The molecular formula is C13H21N3O2. The number of nitrogens with one attached hydrogen (secondary N) is 1. The van der Waals surface area contributed by atoms with Gasteiger partial charge in [-0.25, -0.2) is 9.78 Å². The molecule has 0 fully saturated rings. The Morgan fingerprint density at radius 3 is 2.89 bits per heavy atom. The maximum atomic E-state index is 11.7. The van der Waals surface area contributed by atoms with Crippen LogP contribution >= 0.6 is 0 Å². The summed E-state index contributed by atoms with van der Waals surface area (Å²) in [6.45, 7) is 6.29. The van der Waals surface area contributed by atoms with Crippen LogP contribution in [0, 0.1) is 0 Å². The first kappa shape index (κ1) is 14.3. The second kappa shape index (κ2) is 6.83.